The zero-order valence-corrected chi connectivity index (χ0v) is 18.8. The summed E-state index contributed by atoms with van der Waals surface area (Å²) in [6.07, 6.45) is 0. The minimum atomic E-state index is -3.63. The predicted octanol–water partition coefficient (Wildman–Crippen LogP) is 2.77. The lowest BCUT2D eigenvalue weighted by Crippen LogP contribution is -2.28. The van der Waals surface area contributed by atoms with Crippen LogP contribution in [0.2, 0.25) is 0 Å². The third-order valence-electron chi connectivity index (χ3n) is 4.74. The summed E-state index contributed by atoms with van der Waals surface area (Å²) in [5, 5.41) is 12.8. The zero-order chi connectivity index (χ0) is 22.7. The first-order chi connectivity index (χ1) is 15.4. The van der Waals surface area contributed by atoms with Crippen LogP contribution in [0.5, 0.6) is 11.6 Å². The maximum Gasteiger partial charge on any atom is 0.240 e. The Morgan fingerprint density at radius 3 is 2.50 bits per heavy atom. The topological polar surface area (TPSA) is 108 Å². The van der Waals surface area contributed by atoms with Gasteiger partial charge in [-0.1, -0.05) is 18.2 Å². The number of rotatable bonds is 8. The minimum absolute atomic E-state index is 0.0938. The van der Waals surface area contributed by atoms with E-state index >= 15 is 0 Å². The molecule has 0 fully saturated rings. The first-order valence-corrected chi connectivity index (χ1v) is 11.4. The number of hydrogen-bond donors (Lipinski definition) is 1. The second kappa shape index (κ2) is 8.93. The van der Waals surface area contributed by atoms with E-state index in [2.05, 4.69) is 20.0 Å². The fourth-order valence-corrected chi connectivity index (χ4v) is 4.55. The highest BCUT2D eigenvalue weighted by Gasteiger charge is 2.16. The molecule has 2 aromatic heterocycles. The summed E-state index contributed by atoms with van der Waals surface area (Å²) in [6.45, 7) is 3.92. The number of fused-ring (bicyclic) bond motifs is 1. The normalized spacial score (nSPS) is 11.6. The molecule has 0 saturated carbocycles. The van der Waals surface area contributed by atoms with E-state index in [0.29, 0.717) is 23.1 Å². The molecule has 0 amide bonds. The van der Waals surface area contributed by atoms with Crippen molar-refractivity contribution >= 4 is 15.7 Å². The number of para-hydroxylation sites is 1. The molecule has 0 aliphatic rings. The molecule has 0 unspecified atom stereocenters. The van der Waals surface area contributed by atoms with Crippen LogP contribution in [-0.2, 0) is 10.0 Å². The van der Waals surface area contributed by atoms with Gasteiger partial charge >= 0.3 is 0 Å². The quantitative estimate of drug-likeness (QED) is 0.409. The summed E-state index contributed by atoms with van der Waals surface area (Å²) < 4.78 is 40.3. The van der Waals surface area contributed by atoms with Gasteiger partial charge in [0.1, 0.15) is 12.4 Å². The number of aromatic nitrogens is 4. The summed E-state index contributed by atoms with van der Waals surface area (Å²) in [4.78, 5) is 0.237. The van der Waals surface area contributed by atoms with Crippen molar-refractivity contribution in [3.63, 3.8) is 0 Å². The Kier molecular flexibility index (Phi) is 6.06. The number of nitrogens with zero attached hydrogens (tertiary/aromatic N) is 4. The minimum Gasteiger partial charge on any atom is -0.496 e. The van der Waals surface area contributed by atoms with Gasteiger partial charge in [0.15, 0.2) is 11.5 Å². The van der Waals surface area contributed by atoms with E-state index in [1.54, 1.807) is 35.9 Å². The van der Waals surface area contributed by atoms with Gasteiger partial charge in [-0.05, 0) is 55.3 Å². The average molecular weight is 454 g/mol. The maximum absolute atomic E-state index is 12.5. The van der Waals surface area contributed by atoms with Crippen molar-refractivity contribution in [3.05, 3.63) is 65.7 Å². The third-order valence-corrected chi connectivity index (χ3v) is 6.18. The van der Waals surface area contributed by atoms with Gasteiger partial charge in [-0.2, -0.15) is 4.52 Å². The Morgan fingerprint density at radius 2 is 1.75 bits per heavy atom. The van der Waals surface area contributed by atoms with Crippen LogP contribution in [-0.4, -0.2) is 48.5 Å². The number of ether oxygens (including phenoxy) is 2. The largest absolute Gasteiger partial charge is 0.496 e. The van der Waals surface area contributed by atoms with E-state index in [9.17, 15) is 8.42 Å². The molecule has 0 aliphatic carbocycles. The number of nitrogens with one attached hydrogen (secondary N) is 1. The van der Waals surface area contributed by atoms with Crippen LogP contribution in [0.3, 0.4) is 0 Å². The van der Waals surface area contributed by atoms with Gasteiger partial charge < -0.3 is 9.47 Å². The molecule has 0 saturated heterocycles. The van der Waals surface area contributed by atoms with E-state index in [1.165, 1.54) is 0 Å². The van der Waals surface area contributed by atoms with Crippen LogP contribution < -0.4 is 14.2 Å². The zero-order valence-electron chi connectivity index (χ0n) is 17.9. The van der Waals surface area contributed by atoms with E-state index in [1.807, 2.05) is 44.2 Å². The molecule has 0 atom stereocenters. The van der Waals surface area contributed by atoms with E-state index in [-0.39, 0.29) is 18.0 Å². The van der Waals surface area contributed by atoms with Crippen LogP contribution in [0, 0.1) is 13.8 Å². The van der Waals surface area contributed by atoms with E-state index in [0.717, 1.165) is 16.7 Å². The van der Waals surface area contributed by atoms with Crippen molar-refractivity contribution in [2.45, 2.75) is 18.7 Å². The molecule has 4 aromatic rings. The van der Waals surface area contributed by atoms with Gasteiger partial charge in [0, 0.05) is 12.6 Å². The number of methoxy groups -OCH3 is 1. The molecule has 0 radical (unpaired) electrons. The third kappa shape index (κ3) is 4.56. The molecule has 166 valence electrons. The van der Waals surface area contributed by atoms with Gasteiger partial charge in [0.25, 0.3) is 0 Å². The second-order valence-electron chi connectivity index (χ2n) is 7.24. The first kappa shape index (κ1) is 21.7. The number of sulfonamides is 1. The molecule has 2 aromatic carbocycles. The molecular formula is C22H23N5O4S. The molecule has 0 bridgehead atoms. The Bertz CT molecular complexity index is 1350. The Morgan fingerprint density at radius 1 is 1.00 bits per heavy atom. The smallest absolute Gasteiger partial charge is 0.240 e. The van der Waals surface area contributed by atoms with Gasteiger partial charge in [0.2, 0.25) is 15.9 Å². The molecule has 10 heteroatoms. The summed E-state index contributed by atoms with van der Waals surface area (Å²) >= 11 is 0. The Balaban J connectivity index is 1.46. The first-order valence-electron chi connectivity index (χ1n) is 9.94. The van der Waals surface area contributed by atoms with Crippen LogP contribution in [0.15, 0.2) is 59.5 Å². The lowest BCUT2D eigenvalue weighted by atomic mass is 10.2. The molecule has 1 N–H and O–H groups in total. The van der Waals surface area contributed by atoms with E-state index in [4.69, 9.17) is 9.47 Å². The SMILES string of the molecule is COc1ccccc1-c1nnc2ccc(OCCNS(=O)(=O)c3cc(C)cc(C)c3)nn12. The highest BCUT2D eigenvalue weighted by atomic mass is 32.2. The number of aryl methyl sites for hydroxylation is 2. The van der Waals surface area contributed by atoms with Crippen LogP contribution in [0.4, 0.5) is 0 Å². The van der Waals surface area contributed by atoms with Gasteiger partial charge in [0.05, 0.1) is 17.6 Å². The predicted molar refractivity (Wildman–Crippen MR) is 119 cm³/mol. The van der Waals surface area contributed by atoms with Crippen molar-refractivity contribution in [3.8, 4) is 23.0 Å². The Labute approximate surface area is 186 Å². The van der Waals surface area contributed by atoms with Crippen LogP contribution in [0.1, 0.15) is 11.1 Å². The number of hydrogen-bond acceptors (Lipinski definition) is 7. The van der Waals surface area contributed by atoms with Crippen LogP contribution in [0.25, 0.3) is 17.0 Å². The summed E-state index contributed by atoms with van der Waals surface area (Å²) in [5.41, 5.74) is 3.07. The molecule has 0 spiro atoms. The highest BCUT2D eigenvalue weighted by molar-refractivity contribution is 7.89. The number of benzene rings is 2. The molecular weight excluding hydrogens is 430 g/mol. The summed E-state index contributed by atoms with van der Waals surface area (Å²) in [7, 11) is -2.04. The summed E-state index contributed by atoms with van der Waals surface area (Å²) in [6, 6.07) is 16.0. The maximum atomic E-state index is 12.5. The fraction of sp³-hybridized carbons (Fsp3) is 0.227. The lowest BCUT2D eigenvalue weighted by molar-refractivity contribution is 0.306. The van der Waals surface area contributed by atoms with Crippen molar-refractivity contribution in [1.29, 1.82) is 0 Å². The van der Waals surface area contributed by atoms with Crippen molar-refractivity contribution < 1.29 is 17.9 Å². The standard InChI is InChI=1S/C22H23N5O4S/c1-15-12-16(2)14-17(13-15)32(28,29)23-10-11-31-21-9-8-20-24-25-22(27(20)26-21)18-6-4-5-7-19(18)30-3/h4-9,12-14,23H,10-11H2,1-3H3. The van der Waals surface area contributed by atoms with Gasteiger partial charge in [-0.3, -0.25) is 0 Å². The van der Waals surface area contributed by atoms with Crippen molar-refractivity contribution in [1.82, 2.24) is 24.5 Å². The lowest BCUT2D eigenvalue weighted by Gasteiger charge is -2.10. The van der Waals surface area contributed by atoms with E-state index < -0.39 is 10.0 Å². The molecule has 4 rings (SSSR count). The van der Waals surface area contributed by atoms with Crippen molar-refractivity contribution in [2.75, 3.05) is 20.3 Å². The molecule has 2 heterocycles. The fourth-order valence-electron chi connectivity index (χ4n) is 3.35. The molecule has 9 nitrogen and oxygen atoms in total. The van der Waals surface area contributed by atoms with Gasteiger partial charge in [-0.15, -0.1) is 15.3 Å². The average Bonchev–Trinajstić information content (AvgIpc) is 3.19. The summed E-state index contributed by atoms with van der Waals surface area (Å²) in [5.74, 6) is 1.48. The van der Waals surface area contributed by atoms with Crippen molar-refractivity contribution in [2.24, 2.45) is 0 Å². The highest BCUT2D eigenvalue weighted by Crippen LogP contribution is 2.28. The van der Waals surface area contributed by atoms with Gasteiger partial charge in [-0.25, -0.2) is 13.1 Å². The monoisotopic (exact) mass is 453 g/mol. The van der Waals surface area contributed by atoms with Crippen LogP contribution >= 0.6 is 0 Å². The molecule has 0 aliphatic heterocycles. The second-order valence-corrected chi connectivity index (χ2v) is 9.00. The molecule has 32 heavy (non-hydrogen) atoms. The Hall–Kier alpha value is -3.50.